The van der Waals surface area contributed by atoms with Crippen molar-refractivity contribution < 1.29 is 27.9 Å². The minimum absolute atomic E-state index is 0.00124. The van der Waals surface area contributed by atoms with Crippen LogP contribution in [0.15, 0.2) is 103 Å². The van der Waals surface area contributed by atoms with E-state index in [2.05, 4.69) is 21.3 Å². The molecule has 11 nitrogen and oxygen atoms in total. The number of amides is 3. The standard InChI is InChI=1S/C39H47N5O6S/c1-26(2)41-37(46)31-18-12-15-29(19-31)24-40-25-36(45)35(20-28-13-8-6-9-14-28)43-39(48)33-21-32(22-34(23-33)44(4)51(5,49)50)38(47)42-27(3)30-16-10-7-11-17-30/h6-19,21-23,26-27,35-36,40,45H,20,24-25H2,1-5H3,(H,41,46)(H,42,47)(H,43,48). The normalized spacial score (nSPS) is 13.2. The minimum Gasteiger partial charge on any atom is -0.390 e. The van der Waals surface area contributed by atoms with E-state index in [-0.39, 0.29) is 41.3 Å². The summed E-state index contributed by atoms with van der Waals surface area (Å²) in [7, 11) is -2.38. The van der Waals surface area contributed by atoms with Crippen molar-refractivity contribution in [1.82, 2.24) is 21.3 Å². The number of nitrogens with zero attached hydrogens (tertiary/aromatic N) is 1. The molecule has 0 saturated heterocycles. The fourth-order valence-corrected chi connectivity index (χ4v) is 5.92. The first-order valence-electron chi connectivity index (χ1n) is 16.8. The SMILES string of the molecule is CC(C)NC(=O)c1cccc(CNCC(O)C(Cc2ccccc2)NC(=O)c2cc(C(=O)NC(C)c3ccccc3)cc(N(C)S(C)(=O)=O)c2)c1. The molecule has 0 aromatic heterocycles. The molecule has 0 fully saturated rings. The van der Waals surface area contributed by atoms with Crippen molar-refractivity contribution in [3.63, 3.8) is 0 Å². The molecule has 0 aliphatic carbocycles. The van der Waals surface area contributed by atoms with Crippen molar-refractivity contribution in [2.24, 2.45) is 0 Å². The maximum atomic E-state index is 13.9. The van der Waals surface area contributed by atoms with Gasteiger partial charge in [0, 0.05) is 42.9 Å². The van der Waals surface area contributed by atoms with Gasteiger partial charge in [-0.25, -0.2) is 8.42 Å². The van der Waals surface area contributed by atoms with E-state index in [1.165, 1.54) is 25.2 Å². The molecule has 4 aromatic rings. The molecule has 0 aliphatic rings. The third-order valence-corrected chi connectivity index (χ3v) is 9.53. The van der Waals surface area contributed by atoms with Gasteiger partial charge in [-0.15, -0.1) is 0 Å². The van der Waals surface area contributed by atoms with E-state index in [0.717, 1.165) is 27.3 Å². The molecular formula is C39H47N5O6S. The van der Waals surface area contributed by atoms with Crippen molar-refractivity contribution in [1.29, 1.82) is 0 Å². The Morgan fingerprint density at radius 3 is 1.88 bits per heavy atom. The zero-order valence-corrected chi connectivity index (χ0v) is 30.4. The van der Waals surface area contributed by atoms with Gasteiger partial charge in [0.25, 0.3) is 17.7 Å². The molecule has 3 unspecified atom stereocenters. The predicted octanol–water partition coefficient (Wildman–Crippen LogP) is 4.20. The molecule has 51 heavy (non-hydrogen) atoms. The lowest BCUT2D eigenvalue weighted by Gasteiger charge is -2.26. The number of hydrogen-bond acceptors (Lipinski definition) is 7. The van der Waals surface area contributed by atoms with Crippen LogP contribution >= 0.6 is 0 Å². The highest BCUT2D eigenvalue weighted by molar-refractivity contribution is 7.92. The summed E-state index contributed by atoms with van der Waals surface area (Å²) in [6.45, 7) is 6.09. The summed E-state index contributed by atoms with van der Waals surface area (Å²) in [5.74, 6) is -1.25. The van der Waals surface area contributed by atoms with Gasteiger partial charge in [0.05, 0.1) is 30.1 Å². The fraction of sp³-hybridized carbons (Fsp3) is 0.308. The van der Waals surface area contributed by atoms with E-state index in [9.17, 15) is 27.9 Å². The minimum atomic E-state index is -3.73. The Morgan fingerprint density at radius 1 is 0.706 bits per heavy atom. The first-order valence-corrected chi connectivity index (χ1v) is 18.6. The van der Waals surface area contributed by atoms with Crippen molar-refractivity contribution in [3.05, 3.63) is 137 Å². The lowest BCUT2D eigenvalue weighted by Crippen LogP contribution is -2.48. The molecule has 3 amide bonds. The average molecular weight is 714 g/mol. The number of aliphatic hydroxyl groups excluding tert-OH is 1. The Hall–Kier alpha value is -5.04. The molecule has 12 heteroatoms. The molecule has 0 radical (unpaired) electrons. The molecule has 3 atom stereocenters. The second-order valence-electron chi connectivity index (χ2n) is 12.9. The smallest absolute Gasteiger partial charge is 0.251 e. The second-order valence-corrected chi connectivity index (χ2v) is 14.9. The van der Waals surface area contributed by atoms with E-state index >= 15 is 0 Å². The highest BCUT2D eigenvalue weighted by atomic mass is 32.2. The Bertz CT molecular complexity index is 1900. The van der Waals surface area contributed by atoms with Gasteiger partial charge < -0.3 is 26.4 Å². The Kier molecular flexibility index (Phi) is 13.5. The van der Waals surface area contributed by atoms with Crippen LogP contribution in [0.4, 0.5) is 5.69 Å². The average Bonchev–Trinajstić information content (AvgIpc) is 3.11. The van der Waals surface area contributed by atoms with E-state index < -0.39 is 34.0 Å². The number of hydrogen-bond donors (Lipinski definition) is 5. The topological polar surface area (TPSA) is 157 Å². The summed E-state index contributed by atoms with van der Waals surface area (Å²) in [6, 6.07) is 29.1. The lowest BCUT2D eigenvalue weighted by atomic mass is 9.99. The number of aliphatic hydroxyl groups is 1. The maximum absolute atomic E-state index is 13.9. The summed E-state index contributed by atoms with van der Waals surface area (Å²) in [5, 5.41) is 23.3. The number of rotatable bonds is 16. The molecule has 0 aliphatic heterocycles. The van der Waals surface area contributed by atoms with Crippen LogP contribution in [-0.2, 0) is 23.0 Å². The van der Waals surface area contributed by atoms with E-state index in [1.807, 2.05) is 87.5 Å². The second kappa shape index (κ2) is 17.8. The molecule has 5 N–H and O–H groups in total. The molecule has 4 aromatic carbocycles. The number of sulfonamides is 1. The third-order valence-electron chi connectivity index (χ3n) is 8.32. The van der Waals surface area contributed by atoms with Crippen LogP contribution in [0.3, 0.4) is 0 Å². The van der Waals surface area contributed by atoms with E-state index in [0.29, 0.717) is 18.5 Å². The van der Waals surface area contributed by atoms with Gasteiger partial charge in [-0.2, -0.15) is 0 Å². The monoisotopic (exact) mass is 713 g/mol. The number of anilines is 1. The van der Waals surface area contributed by atoms with Crippen LogP contribution in [0.5, 0.6) is 0 Å². The highest BCUT2D eigenvalue weighted by Gasteiger charge is 2.25. The van der Waals surface area contributed by atoms with Gasteiger partial charge in [0.15, 0.2) is 0 Å². The fourth-order valence-electron chi connectivity index (χ4n) is 5.43. The first kappa shape index (κ1) is 38.8. The van der Waals surface area contributed by atoms with Gasteiger partial charge in [0.1, 0.15) is 0 Å². The largest absolute Gasteiger partial charge is 0.390 e. The van der Waals surface area contributed by atoms with Gasteiger partial charge in [-0.05, 0) is 74.2 Å². The van der Waals surface area contributed by atoms with Crippen molar-refractivity contribution in [2.75, 3.05) is 24.2 Å². The maximum Gasteiger partial charge on any atom is 0.251 e. The van der Waals surface area contributed by atoms with Crippen molar-refractivity contribution in [2.45, 2.75) is 58.0 Å². The van der Waals surface area contributed by atoms with Crippen LogP contribution in [0, 0.1) is 0 Å². The molecule has 0 saturated carbocycles. The Morgan fingerprint density at radius 2 is 1.27 bits per heavy atom. The van der Waals surface area contributed by atoms with Crippen molar-refractivity contribution in [3.8, 4) is 0 Å². The zero-order chi connectivity index (χ0) is 37.1. The summed E-state index contributed by atoms with van der Waals surface area (Å²) >= 11 is 0. The quantitative estimate of drug-likeness (QED) is 0.117. The summed E-state index contributed by atoms with van der Waals surface area (Å²) in [6.07, 6.45) is 0.288. The predicted molar refractivity (Wildman–Crippen MR) is 200 cm³/mol. The van der Waals surface area contributed by atoms with Crippen LogP contribution in [0.25, 0.3) is 0 Å². The molecule has 0 heterocycles. The molecule has 0 bridgehead atoms. The summed E-state index contributed by atoms with van der Waals surface area (Å²) in [4.78, 5) is 39.8. The van der Waals surface area contributed by atoms with Gasteiger partial charge in [-0.3, -0.25) is 18.7 Å². The van der Waals surface area contributed by atoms with E-state index in [1.54, 1.807) is 18.2 Å². The lowest BCUT2D eigenvalue weighted by molar-refractivity contribution is 0.0829. The Balaban J connectivity index is 1.55. The van der Waals surface area contributed by atoms with Crippen molar-refractivity contribution >= 4 is 33.4 Å². The van der Waals surface area contributed by atoms with Gasteiger partial charge in [0.2, 0.25) is 10.0 Å². The van der Waals surface area contributed by atoms with Crippen LogP contribution < -0.4 is 25.6 Å². The van der Waals surface area contributed by atoms with E-state index in [4.69, 9.17) is 0 Å². The van der Waals surface area contributed by atoms with Crippen LogP contribution in [-0.4, -0.2) is 69.3 Å². The molecule has 270 valence electrons. The molecular weight excluding hydrogens is 667 g/mol. The molecule has 4 rings (SSSR count). The number of carbonyl (C=O) groups is 3. The van der Waals surface area contributed by atoms with Gasteiger partial charge >= 0.3 is 0 Å². The molecule has 0 spiro atoms. The highest BCUT2D eigenvalue weighted by Crippen LogP contribution is 2.22. The summed E-state index contributed by atoms with van der Waals surface area (Å²) in [5.41, 5.74) is 3.42. The van der Waals surface area contributed by atoms with Crippen LogP contribution in [0.2, 0.25) is 0 Å². The number of nitrogens with one attached hydrogen (secondary N) is 4. The Labute approximate surface area is 300 Å². The summed E-state index contributed by atoms with van der Waals surface area (Å²) < 4.78 is 26.0. The number of benzene rings is 4. The zero-order valence-electron chi connectivity index (χ0n) is 29.6. The number of carbonyl (C=O) groups excluding carboxylic acids is 3. The first-order chi connectivity index (χ1) is 24.2. The van der Waals surface area contributed by atoms with Gasteiger partial charge in [-0.1, -0.05) is 72.8 Å². The van der Waals surface area contributed by atoms with Crippen LogP contribution in [0.1, 0.15) is 74.6 Å². The third kappa shape index (κ3) is 11.5.